The molecule has 1 aromatic carbocycles. The molecule has 59 valence electrons. The topological polar surface area (TPSA) is 29.6 Å². The van der Waals surface area contributed by atoms with Crippen LogP contribution in [0.25, 0.3) is 0 Å². The third-order valence-corrected chi connectivity index (χ3v) is 1.74. The standard InChI is InChI=1S/C9H7O2.Y/c10-6-8-9(11-8)7-4-2-1-3-5-7;/h1-5,8-9H;/q-1;/t8-,9?;/m0./s1. The molecule has 0 spiro atoms. The van der Waals surface area contributed by atoms with Gasteiger partial charge < -0.3 is 9.53 Å². The first-order chi connectivity index (χ1) is 5.42. The largest absolute Gasteiger partial charge is 0.539 e. The molecule has 1 radical (unpaired) electrons. The van der Waals surface area contributed by atoms with Gasteiger partial charge in [0, 0.05) is 32.7 Å². The average molecular weight is 236 g/mol. The summed E-state index contributed by atoms with van der Waals surface area (Å²) in [4.78, 5) is 10.1. The van der Waals surface area contributed by atoms with Crippen molar-refractivity contribution in [3.63, 3.8) is 0 Å². The molecule has 1 aromatic rings. The molecule has 1 heterocycles. The first kappa shape index (κ1) is 10.0. The van der Waals surface area contributed by atoms with Gasteiger partial charge in [-0.1, -0.05) is 30.3 Å². The molecule has 2 nitrogen and oxygen atoms in total. The van der Waals surface area contributed by atoms with Crippen molar-refractivity contribution in [1.29, 1.82) is 0 Å². The summed E-state index contributed by atoms with van der Waals surface area (Å²) in [5.74, 6) is 0. The molecular formula is C9H7O2Y-. The molecule has 1 aliphatic heterocycles. The molecule has 0 bridgehead atoms. The van der Waals surface area contributed by atoms with E-state index in [1.807, 2.05) is 36.6 Å². The monoisotopic (exact) mass is 236 g/mol. The maximum atomic E-state index is 10.1. The van der Waals surface area contributed by atoms with Gasteiger partial charge in [0.25, 0.3) is 0 Å². The van der Waals surface area contributed by atoms with E-state index in [0.29, 0.717) is 0 Å². The normalized spacial score (nSPS) is 25.7. The van der Waals surface area contributed by atoms with E-state index in [1.165, 1.54) is 0 Å². The minimum Gasteiger partial charge on any atom is -0.539 e. The molecular weight excluding hydrogens is 229 g/mol. The van der Waals surface area contributed by atoms with E-state index >= 15 is 0 Å². The molecule has 1 unspecified atom stereocenters. The Balaban J connectivity index is 0.000000720. The Bertz CT molecular complexity index is 260. The minimum absolute atomic E-state index is 0. The Hall–Kier alpha value is -0.0461. The second kappa shape index (κ2) is 4.26. The van der Waals surface area contributed by atoms with Crippen LogP contribution >= 0.6 is 0 Å². The van der Waals surface area contributed by atoms with Gasteiger partial charge in [0.15, 0.2) is 0 Å². The Morgan fingerprint density at radius 3 is 2.42 bits per heavy atom. The van der Waals surface area contributed by atoms with Crippen molar-refractivity contribution in [2.24, 2.45) is 0 Å². The third kappa shape index (κ3) is 2.00. The average Bonchev–Trinajstić information content (AvgIpc) is 2.85. The number of rotatable bonds is 2. The minimum atomic E-state index is -0.322. The van der Waals surface area contributed by atoms with Crippen molar-refractivity contribution in [2.45, 2.75) is 12.2 Å². The van der Waals surface area contributed by atoms with E-state index in [9.17, 15) is 4.79 Å². The van der Waals surface area contributed by atoms with Crippen molar-refractivity contribution >= 4 is 6.29 Å². The molecule has 12 heavy (non-hydrogen) atoms. The number of ether oxygens (including phenoxy) is 1. The predicted octanol–water partition coefficient (Wildman–Crippen LogP) is 1.23. The summed E-state index contributed by atoms with van der Waals surface area (Å²) in [6.45, 7) is 0. The number of epoxide rings is 1. The molecule has 0 N–H and O–H groups in total. The predicted molar refractivity (Wildman–Crippen MR) is 39.7 cm³/mol. The van der Waals surface area contributed by atoms with Crippen LogP contribution in [0, 0.1) is 0 Å². The Labute approximate surface area is 96.2 Å². The third-order valence-electron chi connectivity index (χ3n) is 1.74. The smallest absolute Gasteiger partial charge is 0.0812 e. The zero-order valence-electron chi connectivity index (χ0n) is 6.44. The van der Waals surface area contributed by atoms with Crippen LogP contribution in [0.4, 0.5) is 0 Å². The van der Waals surface area contributed by atoms with Gasteiger partial charge in [-0.25, -0.2) is 6.29 Å². The van der Waals surface area contributed by atoms with Gasteiger partial charge in [-0.15, -0.1) is 0 Å². The molecule has 1 fully saturated rings. The molecule has 1 aliphatic rings. The SMILES string of the molecule is O=[C-][C@@H]1OC1c1ccccc1.[Y]. The number of carbonyl (C=O) groups excluding carboxylic acids is 1. The quantitative estimate of drug-likeness (QED) is 0.571. The van der Waals surface area contributed by atoms with Gasteiger partial charge in [0.2, 0.25) is 0 Å². The van der Waals surface area contributed by atoms with E-state index in [-0.39, 0.29) is 44.9 Å². The van der Waals surface area contributed by atoms with Crippen molar-refractivity contribution in [3.05, 3.63) is 35.9 Å². The molecule has 0 amide bonds. The summed E-state index contributed by atoms with van der Waals surface area (Å²) in [6, 6.07) is 9.69. The van der Waals surface area contributed by atoms with Gasteiger partial charge in [0.05, 0.1) is 6.10 Å². The molecule has 1 saturated heterocycles. The molecule has 2 rings (SSSR count). The summed E-state index contributed by atoms with van der Waals surface area (Å²) in [5.41, 5.74) is 1.06. The fraction of sp³-hybridized carbons (Fsp3) is 0.222. The summed E-state index contributed by atoms with van der Waals surface area (Å²) in [5, 5.41) is 0. The van der Waals surface area contributed by atoms with Crippen LogP contribution in [0.1, 0.15) is 11.7 Å². The van der Waals surface area contributed by atoms with E-state index in [2.05, 4.69) is 0 Å². The number of hydrogen-bond donors (Lipinski definition) is 0. The first-order valence-corrected chi connectivity index (χ1v) is 3.50. The van der Waals surface area contributed by atoms with Crippen molar-refractivity contribution in [2.75, 3.05) is 0 Å². The molecule has 0 aromatic heterocycles. The van der Waals surface area contributed by atoms with Crippen molar-refractivity contribution < 1.29 is 42.2 Å². The summed E-state index contributed by atoms with van der Waals surface area (Å²) in [6.07, 6.45) is 1.46. The zero-order chi connectivity index (χ0) is 7.68. The van der Waals surface area contributed by atoms with E-state index in [0.717, 1.165) is 5.56 Å². The zero-order valence-corrected chi connectivity index (χ0v) is 9.27. The van der Waals surface area contributed by atoms with E-state index in [1.54, 1.807) is 0 Å². The van der Waals surface area contributed by atoms with Gasteiger partial charge in [-0.3, -0.25) is 0 Å². The summed E-state index contributed by atoms with van der Waals surface area (Å²) < 4.78 is 5.03. The molecule has 2 atom stereocenters. The van der Waals surface area contributed by atoms with Gasteiger partial charge in [-0.2, -0.15) is 0 Å². The number of hydrogen-bond acceptors (Lipinski definition) is 2. The van der Waals surface area contributed by atoms with Crippen LogP contribution in [0.2, 0.25) is 0 Å². The Morgan fingerprint density at radius 1 is 1.25 bits per heavy atom. The van der Waals surface area contributed by atoms with Crippen molar-refractivity contribution in [1.82, 2.24) is 0 Å². The first-order valence-electron chi connectivity index (χ1n) is 3.50. The van der Waals surface area contributed by atoms with Crippen LogP contribution in [-0.2, 0) is 42.2 Å². The fourth-order valence-corrected chi connectivity index (χ4v) is 1.10. The maximum Gasteiger partial charge on any atom is 0.0812 e. The molecule has 0 saturated carbocycles. The second-order valence-electron chi connectivity index (χ2n) is 2.51. The van der Waals surface area contributed by atoms with Gasteiger partial charge in [0.1, 0.15) is 0 Å². The van der Waals surface area contributed by atoms with Crippen LogP contribution in [0.5, 0.6) is 0 Å². The van der Waals surface area contributed by atoms with Crippen LogP contribution in [0.3, 0.4) is 0 Å². The summed E-state index contributed by atoms with van der Waals surface area (Å²) >= 11 is 0. The fourth-order valence-electron chi connectivity index (χ4n) is 1.10. The van der Waals surface area contributed by atoms with E-state index in [4.69, 9.17) is 4.74 Å². The number of benzene rings is 1. The van der Waals surface area contributed by atoms with Crippen LogP contribution in [-0.4, -0.2) is 12.4 Å². The van der Waals surface area contributed by atoms with Crippen LogP contribution in [0.15, 0.2) is 30.3 Å². The summed E-state index contributed by atoms with van der Waals surface area (Å²) in [7, 11) is 0. The Morgan fingerprint density at radius 2 is 1.92 bits per heavy atom. The molecule has 3 heteroatoms. The van der Waals surface area contributed by atoms with Crippen molar-refractivity contribution in [3.8, 4) is 0 Å². The van der Waals surface area contributed by atoms with Crippen LogP contribution < -0.4 is 0 Å². The Kier molecular flexibility index (Phi) is 3.57. The second-order valence-corrected chi connectivity index (χ2v) is 2.51. The molecule has 0 aliphatic carbocycles. The van der Waals surface area contributed by atoms with Gasteiger partial charge >= 0.3 is 0 Å². The maximum absolute atomic E-state index is 10.1. The van der Waals surface area contributed by atoms with Gasteiger partial charge in [-0.05, 0) is 11.7 Å². The van der Waals surface area contributed by atoms with E-state index < -0.39 is 0 Å².